The van der Waals surface area contributed by atoms with Gasteiger partial charge in [-0.1, -0.05) is 115 Å². The van der Waals surface area contributed by atoms with Crippen LogP contribution in [-0.2, 0) is 0 Å². The normalized spacial score (nSPS) is 11.8. The number of nitrogens with zero attached hydrogens (tertiary/aromatic N) is 2. The van der Waals surface area contributed by atoms with Gasteiger partial charge in [0, 0.05) is 35.8 Å². The molecule has 0 saturated heterocycles. The van der Waals surface area contributed by atoms with Gasteiger partial charge in [-0.25, -0.2) is 4.98 Å². The van der Waals surface area contributed by atoms with E-state index < -0.39 is 0 Å². The molecule has 0 radical (unpaired) electrons. The second-order valence-electron chi connectivity index (χ2n) is 10.6. The van der Waals surface area contributed by atoms with Crippen LogP contribution in [0.15, 0.2) is 134 Å². The highest BCUT2D eigenvalue weighted by Gasteiger charge is 2.13. The second kappa shape index (κ2) is 9.31. The van der Waals surface area contributed by atoms with E-state index >= 15 is 0 Å². The van der Waals surface area contributed by atoms with E-state index in [1.807, 2.05) is 17.5 Å². The average Bonchev–Trinajstić information content (AvgIpc) is 3.63. The summed E-state index contributed by atoms with van der Waals surface area (Å²) in [6.45, 7) is 0. The Kier molecular flexibility index (Phi) is 5.27. The number of thiophene rings is 2. The minimum atomic E-state index is 0.897. The zero-order chi connectivity index (χ0) is 27.6. The van der Waals surface area contributed by atoms with Crippen LogP contribution < -0.4 is 0 Å². The molecule has 42 heavy (non-hydrogen) atoms. The first-order valence-corrected chi connectivity index (χ1v) is 15.6. The van der Waals surface area contributed by atoms with Crippen molar-refractivity contribution in [3.63, 3.8) is 0 Å². The van der Waals surface area contributed by atoms with Crippen molar-refractivity contribution in [2.75, 3.05) is 0 Å². The first kappa shape index (κ1) is 23.8. The summed E-state index contributed by atoms with van der Waals surface area (Å²) in [5, 5.41) is 6.34. The molecule has 0 unspecified atom stereocenters. The van der Waals surface area contributed by atoms with Crippen molar-refractivity contribution in [2.45, 2.75) is 0 Å². The van der Waals surface area contributed by atoms with Gasteiger partial charge in [-0.05, 0) is 45.2 Å². The summed E-state index contributed by atoms with van der Waals surface area (Å²) in [6.07, 6.45) is 1.91. The number of fused-ring (bicyclic) bond motifs is 8. The first-order valence-electron chi connectivity index (χ1n) is 14.0. The van der Waals surface area contributed by atoms with E-state index in [1.54, 1.807) is 11.3 Å². The van der Waals surface area contributed by atoms with Crippen molar-refractivity contribution in [2.24, 2.45) is 0 Å². The summed E-state index contributed by atoms with van der Waals surface area (Å²) in [7, 11) is 0. The van der Waals surface area contributed by atoms with Gasteiger partial charge in [0.05, 0.1) is 11.9 Å². The molecule has 3 heterocycles. The molecule has 0 spiro atoms. The van der Waals surface area contributed by atoms with Gasteiger partial charge in [-0.15, -0.1) is 22.7 Å². The van der Waals surface area contributed by atoms with Gasteiger partial charge in [0.1, 0.15) is 10.3 Å². The summed E-state index contributed by atoms with van der Waals surface area (Å²) in [5.41, 5.74) is 7.82. The predicted molar refractivity (Wildman–Crippen MR) is 182 cm³/mol. The lowest BCUT2D eigenvalue weighted by molar-refractivity contribution is 1.32. The topological polar surface area (TPSA) is 25.8 Å². The zero-order valence-electron chi connectivity index (χ0n) is 22.4. The lowest BCUT2D eigenvalue weighted by Gasteiger charge is -2.08. The molecule has 4 heteroatoms. The molecule has 3 aromatic heterocycles. The van der Waals surface area contributed by atoms with Crippen LogP contribution >= 0.6 is 22.7 Å². The van der Waals surface area contributed by atoms with Gasteiger partial charge in [0.15, 0.2) is 0 Å². The third-order valence-electron chi connectivity index (χ3n) is 8.17. The maximum atomic E-state index is 5.08. The fourth-order valence-electron chi connectivity index (χ4n) is 6.08. The van der Waals surface area contributed by atoms with Gasteiger partial charge in [-0.2, -0.15) is 0 Å². The van der Waals surface area contributed by atoms with Crippen LogP contribution in [0.1, 0.15) is 0 Å². The zero-order valence-corrected chi connectivity index (χ0v) is 24.0. The Labute approximate surface area is 250 Å². The van der Waals surface area contributed by atoms with Gasteiger partial charge in [-0.3, -0.25) is 4.98 Å². The summed E-state index contributed by atoms with van der Waals surface area (Å²) in [4.78, 5) is 10.9. The number of aromatic nitrogens is 2. The van der Waals surface area contributed by atoms with Crippen molar-refractivity contribution in [3.8, 4) is 33.5 Å². The second-order valence-corrected chi connectivity index (χ2v) is 12.7. The fraction of sp³-hybridized carbons (Fsp3) is 0. The minimum Gasteiger partial charge on any atom is -0.251 e. The quantitative estimate of drug-likeness (QED) is 0.211. The molecule has 9 rings (SSSR count). The lowest BCUT2D eigenvalue weighted by Crippen LogP contribution is -1.87. The molecule has 0 fully saturated rings. The summed E-state index contributed by atoms with van der Waals surface area (Å²) < 4.78 is 3.93. The van der Waals surface area contributed by atoms with E-state index in [1.165, 1.54) is 63.3 Å². The lowest BCUT2D eigenvalue weighted by atomic mass is 9.98. The van der Waals surface area contributed by atoms with Crippen LogP contribution in [0, 0.1) is 0 Å². The highest BCUT2D eigenvalue weighted by Crippen LogP contribution is 2.41. The third-order valence-corrected chi connectivity index (χ3v) is 10.5. The maximum Gasteiger partial charge on any atom is 0.143 e. The van der Waals surface area contributed by atoms with Crippen molar-refractivity contribution >= 4 is 74.1 Å². The van der Waals surface area contributed by atoms with Gasteiger partial charge >= 0.3 is 0 Å². The molecule has 0 saturated carbocycles. The van der Waals surface area contributed by atoms with Crippen molar-refractivity contribution < 1.29 is 0 Å². The Morgan fingerprint density at radius 3 is 2.17 bits per heavy atom. The van der Waals surface area contributed by atoms with Crippen molar-refractivity contribution in [3.05, 3.63) is 134 Å². The highest BCUT2D eigenvalue weighted by molar-refractivity contribution is 7.26. The molecule has 196 valence electrons. The van der Waals surface area contributed by atoms with Crippen LogP contribution in [0.5, 0.6) is 0 Å². The largest absolute Gasteiger partial charge is 0.251 e. The van der Waals surface area contributed by atoms with Gasteiger partial charge in [0.2, 0.25) is 0 Å². The van der Waals surface area contributed by atoms with Crippen LogP contribution in [0.3, 0.4) is 0 Å². The molecular formula is C38H22N2S2. The van der Waals surface area contributed by atoms with E-state index in [9.17, 15) is 0 Å². The Bertz CT molecular complexity index is 2470. The van der Waals surface area contributed by atoms with E-state index in [-0.39, 0.29) is 0 Å². The van der Waals surface area contributed by atoms with Gasteiger partial charge < -0.3 is 0 Å². The van der Waals surface area contributed by atoms with E-state index in [0.717, 1.165) is 21.6 Å². The standard InChI is InChI=1S/C38H22N2S2/c1-2-10-28-24(7-1)19-20-32-35-38(42-37(28)32)40-33(22-39-35)27-9-5-8-26(21-27)23-15-17-25(18-16-23)29-12-6-13-31-30-11-3-4-14-34(30)41-36(29)31/h1-22H. The first-order chi connectivity index (χ1) is 20.8. The van der Waals surface area contributed by atoms with Crippen molar-refractivity contribution in [1.29, 1.82) is 0 Å². The van der Waals surface area contributed by atoms with Gasteiger partial charge in [0.25, 0.3) is 0 Å². The Morgan fingerprint density at radius 2 is 1.24 bits per heavy atom. The van der Waals surface area contributed by atoms with Crippen LogP contribution in [0.4, 0.5) is 0 Å². The predicted octanol–water partition coefficient (Wildman–Crippen LogP) is 11.4. The molecular weight excluding hydrogens is 549 g/mol. The van der Waals surface area contributed by atoms with E-state index in [0.29, 0.717) is 0 Å². The Hall–Kier alpha value is -4.90. The van der Waals surface area contributed by atoms with Crippen molar-refractivity contribution in [1.82, 2.24) is 9.97 Å². The molecule has 6 aromatic carbocycles. The smallest absolute Gasteiger partial charge is 0.143 e. The van der Waals surface area contributed by atoms with E-state index in [2.05, 4.69) is 127 Å². The van der Waals surface area contributed by atoms with Crippen LogP contribution in [0.25, 0.3) is 84.9 Å². The number of hydrogen-bond acceptors (Lipinski definition) is 4. The molecule has 0 aliphatic rings. The minimum absolute atomic E-state index is 0.897. The summed E-state index contributed by atoms with van der Waals surface area (Å²) >= 11 is 3.60. The summed E-state index contributed by atoms with van der Waals surface area (Å²) in [6, 6.07) is 45.8. The third kappa shape index (κ3) is 3.69. The van der Waals surface area contributed by atoms with Crippen LogP contribution in [0.2, 0.25) is 0 Å². The Morgan fingerprint density at radius 1 is 0.476 bits per heavy atom. The molecule has 0 aliphatic carbocycles. The number of hydrogen-bond donors (Lipinski definition) is 0. The summed E-state index contributed by atoms with van der Waals surface area (Å²) in [5.74, 6) is 0. The van der Waals surface area contributed by atoms with E-state index in [4.69, 9.17) is 9.97 Å². The Balaban J connectivity index is 1.08. The molecule has 0 N–H and O–H groups in total. The molecule has 9 aromatic rings. The SMILES string of the molecule is c1cc(-c2ccc(-c3cccc4c3sc3ccccc34)cc2)cc(-c2cnc3c(n2)sc2c4ccccc4ccc32)c1. The molecule has 0 bridgehead atoms. The highest BCUT2D eigenvalue weighted by atomic mass is 32.1. The molecule has 0 atom stereocenters. The maximum absolute atomic E-state index is 5.08. The molecule has 0 aliphatic heterocycles. The molecule has 0 amide bonds. The monoisotopic (exact) mass is 570 g/mol. The number of rotatable bonds is 3. The van der Waals surface area contributed by atoms with Crippen LogP contribution in [-0.4, -0.2) is 9.97 Å². The fourth-order valence-corrected chi connectivity index (χ4v) is 8.48. The molecule has 2 nitrogen and oxygen atoms in total. The number of benzene rings is 6. The average molecular weight is 571 g/mol.